The summed E-state index contributed by atoms with van der Waals surface area (Å²) in [5.41, 5.74) is 5.28. The molecular formula is C16H29N3O2. The van der Waals surface area contributed by atoms with Gasteiger partial charge in [-0.15, -0.1) is 0 Å². The Morgan fingerprint density at radius 2 is 1.62 bits per heavy atom. The van der Waals surface area contributed by atoms with E-state index in [4.69, 9.17) is 10.9 Å². The fraction of sp³-hybridized carbons (Fsp3) is 0.875. The van der Waals surface area contributed by atoms with E-state index in [1.165, 1.54) is 0 Å². The number of hydrogen-bond donors (Lipinski definition) is 3. The number of carbonyl (C=O) groups excluding carboxylic acids is 1. The summed E-state index contributed by atoms with van der Waals surface area (Å²) >= 11 is 0. The van der Waals surface area contributed by atoms with Crippen molar-refractivity contribution in [2.45, 2.75) is 70.8 Å². The van der Waals surface area contributed by atoms with Crippen LogP contribution in [-0.4, -0.2) is 22.5 Å². The van der Waals surface area contributed by atoms with Crippen LogP contribution in [0.3, 0.4) is 0 Å². The molecule has 0 radical (unpaired) electrons. The van der Waals surface area contributed by atoms with Crippen LogP contribution >= 0.6 is 0 Å². The molecule has 5 heteroatoms. The molecule has 0 atom stereocenters. The number of amidine groups is 1. The molecular weight excluding hydrogens is 266 g/mol. The van der Waals surface area contributed by atoms with Crippen molar-refractivity contribution in [3.8, 4) is 0 Å². The van der Waals surface area contributed by atoms with Gasteiger partial charge in [-0.05, 0) is 63.2 Å². The second kappa shape index (κ2) is 6.67. The molecule has 0 unspecified atom stereocenters. The van der Waals surface area contributed by atoms with Crippen LogP contribution < -0.4 is 11.1 Å². The van der Waals surface area contributed by atoms with Crippen molar-refractivity contribution >= 4 is 11.7 Å². The smallest absolute Gasteiger partial charge is 0.223 e. The third-order valence-electron chi connectivity index (χ3n) is 5.47. The minimum absolute atomic E-state index is 0.0862. The first-order valence-electron chi connectivity index (χ1n) is 8.27. The Hall–Kier alpha value is -1.26. The zero-order chi connectivity index (χ0) is 15.5. The zero-order valence-corrected chi connectivity index (χ0v) is 13.3. The van der Waals surface area contributed by atoms with Crippen LogP contribution in [0.2, 0.25) is 0 Å². The molecule has 0 saturated heterocycles. The molecule has 0 aromatic carbocycles. The van der Waals surface area contributed by atoms with E-state index in [0.717, 1.165) is 57.3 Å². The zero-order valence-electron chi connectivity index (χ0n) is 13.3. The van der Waals surface area contributed by atoms with Gasteiger partial charge in [0.1, 0.15) is 5.54 Å². The lowest BCUT2D eigenvalue weighted by atomic mass is 9.75. The first kappa shape index (κ1) is 16.1. The van der Waals surface area contributed by atoms with Crippen molar-refractivity contribution < 1.29 is 10.0 Å². The van der Waals surface area contributed by atoms with Crippen molar-refractivity contribution in [1.29, 1.82) is 0 Å². The van der Waals surface area contributed by atoms with E-state index in [2.05, 4.69) is 24.3 Å². The van der Waals surface area contributed by atoms with E-state index >= 15 is 0 Å². The molecule has 21 heavy (non-hydrogen) atoms. The molecule has 2 rings (SSSR count). The van der Waals surface area contributed by atoms with Gasteiger partial charge in [-0.25, -0.2) is 0 Å². The van der Waals surface area contributed by atoms with E-state index in [0.29, 0.717) is 5.92 Å². The van der Waals surface area contributed by atoms with Gasteiger partial charge < -0.3 is 16.3 Å². The monoisotopic (exact) mass is 295 g/mol. The molecule has 2 fully saturated rings. The Balaban J connectivity index is 2.03. The van der Waals surface area contributed by atoms with E-state index in [-0.39, 0.29) is 17.7 Å². The van der Waals surface area contributed by atoms with Crippen LogP contribution in [0.4, 0.5) is 0 Å². The minimum atomic E-state index is -0.637. The molecule has 2 aliphatic rings. The van der Waals surface area contributed by atoms with E-state index in [1.54, 1.807) is 0 Å². The number of nitrogens with one attached hydrogen (secondary N) is 1. The molecule has 1 amide bonds. The van der Waals surface area contributed by atoms with Gasteiger partial charge in [0.15, 0.2) is 5.84 Å². The molecule has 0 spiro atoms. The number of amides is 1. The van der Waals surface area contributed by atoms with E-state index in [1.807, 2.05) is 0 Å². The molecule has 0 aromatic heterocycles. The second-order valence-corrected chi connectivity index (χ2v) is 7.20. The predicted molar refractivity (Wildman–Crippen MR) is 83.0 cm³/mol. The number of nitrogens with two attached hydrogens (primary N) is 1. The largest absolute Gasteiger partial charge is 0.409 e. The number of hydrogen-bond acceptors (Lipinski definition) is 3. The number of nitrogens with zero attached hydrogens (tertiary/aromatic N) is 1. The minimum Gasteiger partial charge on any atom is -0.409 e. The maximum Gasteiger partial charge on any atom is 0.223 e. The molecule has 0 bridgehead atoms. The van der Waals surface area contributed by atoms with Gasteiger partial charge >= 0.3 is 0 Å². The molecule has 0 aromatic rings. The van der Waals surface area contributed by atoms with E-state index in [9.17, 15) is 4.79 Å². The van der Waals surface area contributed by atoms with Gasteiger partial charge in [-0.1, -0.05) is 19.0 Å². The summed E-state index contributed by atoms with van der Waals surface area (Å²) in [6.07, 6.45) is 7.66. The van der Waals surface area contributed by atoms with Crippen LogP contribution in [0.5, 0.6) is 0 Å². The highest BCUT2D eigenvalue weighted by molar-refractivity contribution is 5.94. The third-order valence-corrected chi connectivity index (χ3v) is 5.47. The fourth-order valence-corrected chi connectivity index (χ4v) is 3.66. The standard InChI is InChI=1S/C16H29N3O2/c1-11-3-5-13(6-4-11)14(20)18-16(15(17)19-21)9-7-12(2)8-10-16/h11-13,21H,3-10H2,1-2H3,(H2,17,19)(H,18,20). The highest BCUT2D eigenvalue weighted by atomic mass is 16.4. The second-order valence-electron chi connectivity index (χ2n) is 7.20. The summed E-state index contributed by atoms with van der Waals surface area (Å²) < 4.78 is 0. The predicted octanol–water partition coefficient (Wildman–Crippen LogP) is 2.62. The van der Waals surface area contributed by atoms with Gasteiger partial charge in [-0.2, -0.15) is 0 Å². The quantitative estimate of drug-likeness (QED) is 0.324. The first-order valence-corrected chi connectivity index (χ1v) is 8.27. The first-order chi connectivity index (χ1) is 9.97. The van der Waals surface area contributed by atoms with Gasteiger partial charge in [0, 0.05) is 5.92 Å². The third kappa shape index (κ3) is 3.69. The molecule has 120 valence electrons. The van der Waals surface area contributed by atoms with Crippen molar-refractivity contribution in [2.24, 2.45) is 28.6 Å². The van der Waals surface area contributed by atoms with Gasteiger partial charge in [0.05, 0.1) is 0 Å². The number of oxime groups is 1. The fourth-order valence-electron chi connectivity index (χ4n) is 3.66. The van der Waals surface area contributed by atoms with Crippen LogP contribution in [0.25, 0.3) is 0 Å². The maximum atomic E-state index is 12.6. The lowest BCUT2D eigenvalue weighted by Gasteiger charge is -2.40. The summed E-state index contributed by atoms with van der Waals surface area (Å²) in [6.45, 7) is 4.45. The Morgan fingerprint density at radius 1 is 1.10 bits per heavy atom. The van der Waals surface area contributed by atoms with Crippen molar-refractivity contribution in [3.05, 3.63) is 0 Å². The van der Waals surface area contributed by atoms with Crippen LogP contribution in [-0.2, 0) is 4.79 Å². The average molecular weight is 295 g/mol. The number of rotatable bonds is 3. The Labute approximate surface area is 127 Å². The Morgan fingerprint density at radius 3 is 2.14 bits per heavy atom. The molecule has 0 heterocycles. The normalized spacial score (nSPS) is 38.0. The SMILES string of the molecule is CC1CCC(C(=O)NC2(C(N)=NO)CCC(C)CC2)CC1. The van der Waals surface area contributed by atoms with E-state index < -0.39 is 5.54 Å². The average Bonchev–Trinajstić information content (AvgIpc) is 2.49. The van der Waals surface area contributed by atoms with Crippen molar-refractivity contribution in [3.63, 3.8) is 0 Å². The van der Waals surface area contributed by atoms with Gasteiger partial charge in [-0.3, -0.25) is 4.79 Å². The summed E-state index contributed by atoms with van der Waals surface area (Å²) in [5, 5.41) is 15.4. The summed E-state index contributed by atoms with van der Waals surface area (Å²) in [7, 11) is 0. The molecule has 4 N–H and O–H groups in total. The van der Waals surface area contributed by atoms with Crippen molar-refractivity contribution in [2.75, 3.05) is 0 Å². The molecule has 2 saturated carbocycles. The molecule has 0 aliphatic heterocycles. The highest BCUT2D eigenvalue weighted by Crippen LogP contribution is 2.34. The summed E-state index contributed by atoms with van der Waals surface area (Å²) in [5.74, 6) is 1.69. The summed E-state index contributed by atoms with van der Waals surface area (Å²) in [6, 6.07) is 0. The number of carbonyl (C=O) groups is 1. The topological polar surface area (TPSA) is 87.7 Å². The van der Waals surface area contributed by atoms with Crippen LogP contribution in [0.15, 0.2) is 5.16 Å². The highest BCUT2D eigenvalue weighted by Gasteiger charge is 2.41. The van der Waals surface area contributed by atoms with Crippen LogP contribution in [0, 0.1) is 17.8 Å². The lowest BCUT2D eigenvalue weighted by molar-refractivity contribution is -0.127. The van der Waals surface area contributed by atoms with Crippen LogP contribution in [0.1, 0.15) is 65.2 Å². The summed E-state index contributed by atoms with van der Waals surface area (Å²) in [4.78, 5) is 12.6. The lowest BCUT2D eigenvalue weighted by Crippen LogP contribution is -2.60. The Bertz CT molecular complexity index is 392. The van der Waals surface area contributed by atoms with Crippen molar-refractivity contribution in [1.82, 2.24) is 5.32 Å². The van der Waals surface area contributed by atoms with Gasteiger partial charge in [0.2, 0.25) is 5.91 Å². The Kier molecular flexibility index (Phi) is 5.12. The van der Waals surface area contributed by atoms with Gasteiger partial charge in [0.25, 0.3) is 0 Å². The molecule has 2 aliphatic carbocycles. The molecule has 5 nitrogen and oxygen atoms in total. The maximum absolute atomic E-state index is 12.6.